The number of aromatic nitrogens is 4. The summed E-state index contributed by atoms with van der Waals surface area (Å²) in [5, 5.41) is 0. The molecule has 3 heterocycles. The Balaban J connectivity index is 1.63. The molecule has 1 aromatic carbocycles. The maximum Gasteiger partial charge on any atom is 0.196 e. The summed E-state index contributed by atoms with van der Waals surface area (Å²) in [6.07, 6.45) is 6.29. The zero-order valence-electron chi connectivity index (χ0n) is 15.0. The first-order valence-electron chi connectivity index (χ1n) is 8.48. The highest BCUT2D eigenvalue weighted by Gasteiger charge is 2.21. The Bertz CT molecular complexity index is 969. The number of hydrogen-bond acceptors (Lipinski definition) is 5. The highest BCUT2D eigenvalue weighted by atomic mass is 19.1. The van der Waals surface area contributed by atoms with Gasteiger partial charge in [-0.2, -0.15) is 0 Å². The summed E-state index contributed by atoms with van der Waals surface area (Å²) in [5.41, 5.74) is 3.64. The summed E-state index contributed by atoms with van der Waals surface area (Å²) in [6, 6.07) is 3.60. The normalized spacial score (nSPS) is 13.6. The Labute approximate surface area is 151 Å². The maximum absolute atomic E-state index is 14.0. The molecule has 1 aliphatic heterocycles. The Hall–Kier alpha value is -2.96. The standard InChI is InChI=1S/C19H20FN5O/c1-12-8-14(9-16(26-3)17(12)20)25-6-4-15-13(11-25)10-22-18(23-15)19-21-5-7-24(19)2/h5,7-10H,4,6,11H2,1-3H3. The van der Waals surface area contributed by atoms with Gasteiger partial charge in [0.05, 0.1) is 12.8 Å². The van der Waals surface area contributed by atoms with E-state index >= 15 is 0 Å². The number of ether oxygens (including phenoxy) is 1. The molecule has 134 valence electrons. The molecule has 0 unspecified atom stereocenters. The molecule has 26 heavy (non-hydrogen) atoms. The van der Waals surface area contributed by atoms with Gasteiger partial charge in [0.15, 0.2) is 23.2 Å². The van der Waals surface area contributed by atoms with Gasteiger partial charge in [-0.15, -0.1) is 0 Å². The highest BCUT2D eigenvalue weighted by Crippen LogP contribution is 2.31. The largest absolute Gasteiger partial charge is 0.494 e. The van der Waals surface area contributed by atoms with Crippen LogP contribution in [0.2, 0.25) is 0 Å². The van der Waals surface area contributed by atoms with E-state index in [2.05, 4.69) is 14.9 Å². The second-order valence-electron chi connectivity index (χ2n) is 6.48. The summed E-state index contributed by atoms with van der Waals surface area (Å²) in [6.45, 7) is 3.24. The van der Waals surface area contributed by atoms with Crippen LogP contribution in [0.15, 0.2) is 30.7 Å². The number of imidazole rings is 1. The number of halogens is 1. The van der Waals surface area contributed by atoms with Gasteiger partial charge in [0.25, 0.3) is 0 Å². The number of benzene rings is 1. The average molecular weight is 353 g/mol. The highest BCUT2D eigenvalue weighted by molar-refractivity contribution is 5.56. The molecule has 0 aliphatic carbocycles. The number of hydrogen-bond donors (Lipinski definition) is 0. The van der Waals surface area contributed by atoms with E-state index in [4.69, 9.17) is 9.72 Å². The van der Waals surface area contributed by atoms with Gasteiger partial charge >= 0.3 is 0 Å². The first-order chi connectivity index (χ1) is 12.6. The molecule has 0 radical (unpaired) electrons. The molecule has 0 saturated carbocycles. The van der Waals surface area contributed by atoms with E-state index in [1.807, 2.05) is 30.1 Å². The van der Waals surface area contributed by atoms with E-state index in [9.17, 15) is 4.39 Å². The van der Waals surface area contributed by atoms with Crippen LogP contribution in [0, 0.1) is 12.7 Å². The predicted octanol–water partition coefficient (Wildman–Crippen LogP) is 2.90. The summed E-state index contributed by atoms with van der Waals surface area (Å²) >= 11 is 0. The van der Waals surface area contributed by atoms with Crippen molar-refractivity contribution in [2.24, 2.45) is 7.05 Å². The minimum Gasteiger partial charge on any atom is -0.494 e. The van der Waals surface area contributed by atoms with Crippen molar-refractivity contribution < 1.29 is 9.13 Å². The van der Waals surface area contributed by atoms with Crippen LogP contribution in [0.4, 0.5) is 10.1 Å². The fourth-order valence-electron chi connectivity index (χ4n) is 3.28. The molecule has 0 amide bonds. The van der Waals surface area contributed by atoms with Crippen LogP contribution in [0.1, 0.15) is 16.8 Å². The lowest BCUT2D eigenvalue weighted by molar-refractivity contribution is 0.385. The van der Waals surface area contributed by atoms with Gasteiger partial charge in [-0.05, 0) is 18.6 Å². The van der Waals surface area contributed by atoms with Crippen LogP contribution < -0.4 is 9.64 Å². The van der Waals surface area contributed by atoms with E-state index in [0.29, 0.717) is 17.9 Å². The quantitative estimate of drug-likeness (QED) is 0.725. The third-order valence-electron chi connectivity index (χ3n) is 4.75. The molecule has 0 N–H and O–H groups in total. The molecule has 6 nitrogen and oxygen atoms in total. The van der Waals surface area contributed by atoms with E-state index in [-0.39, 0.29) is 11.6 Å². The molecule has 0 atom stereocenters. The summed E-state index contributed by atoms with van der Waals surface area (Å²) in [7, 11) is 3.41. The zero-order valence-corrected chi connectivity index (χ0v) is 15.0. The van der Waals surface area contributed by atoms with Crippen LogP contribution in [-0.2, 0) is 20.0 Å². The molecular formula is C19H20FN5O. The van der Waals surface area contributed by atoms with Gasteiger partial charge in [0.2, 0.25) is 0 Å². The van der Waals surface area contributed by atoms with Gasteiger partial charge < -0.3 is 14.2 Å². The Kier molecular flexibility index (Phi) is 4.06. The maximum atomic E-state index is 14.0. The molecule has 0 bridgehead atoms. The Morgan fingerprint density at radius 1 is 1.23 bits per heavy atom. The van der Waals surface area contributed by atoms with Crippen molar-refractivity contribution >= 4 is 5.69 Å². The van der Waals surface area contributed by atoms with Crippen molar-refractivity contribution in [3.05, 3.63) is 53.4 Å². The van der Waals surface area contributed by atoms with E-state index in [1.165, 1.54) is 7.11 Å². The smallest absolute Gasteiger partial charge is 0.196 e. The third-order valence-corrected chi connectivity index (χ3v) is 4.75. The Morgan fingerprint density at radius 3 is 2.81 bits per heavy atom. The SMILES string of the molecule is COc1cc(N2CCc3nc(-c4nccn4C)ncc3C2)cc(C)c1F. The van der Waals surface area contributed by atoms with E-state index < -0.39 is 0 Å². The lowest BCUT2D eigenvalue weighted by Crippen LogP contribution is -2.31. The number of anilines is 1. The van der Waals surface area contributed by atoms with E-state index in [1.54, 1.807) is 19.2 Å². The number of methoxy groups -OCH3 is 1. The van der Waals surface area contributed by atoms with Crippen molar-refractivity contribution in [3.63, 3.8) is 0 Å². The number of fused-ring (bicyclic) bond motifs is 1. The van der Waals surface area contributed by atoms with Crippen LogP contribution in [-0.4, -0.2) is 33.2 Å². The zero-order chi connectivity index (χ0) is 18.3. The van der Waals surface area contributed by atoms with Crippen molar-refractivity contribution in [1.29, 1.82) is 0 Å². The molecule has 0 spiro atoms. The first-order valence-corrected chi connectivity index (χ1v) is 8.48. The summed E-state index contributed by atoms with van der Waals surface area (Å²) < 4.78 is 21.1. The Morgan fingerprint density at radius 2 is 2.08 bits per heavy atom. The lowest BCUT2D eigenvalue weighted by atomic mass is 10.1. The van der Waals surface area contributed by atoms with Crippen molar-refractivity contribution in [2.45, 2.75) is 19.9 Å². The van der Waals surface area contributed by atoms with Crippen LogP contribution in [0.5, 0.6) is 5.75 Å². The minimum atomic E-state index is -0.309. The molecule has 2 aromatic heterocycles. The summed E-state index contributed by atoms with van der Waals surface area (Å²) in [4.78, 5) is 15.7. The van der Waals surface area contributed by atoms with Crippen molar-refractivity contribution in [3.8, 4) is 17.4 Å². The van der Waals surface area contributed by atoms with Gasteiger partial charge in [0, 0.05) is 62.5 Å². The molecule has 0 fully saturated rings. The molecule has 1 aliphatic rings. The second kappa shape index (κ2) is 6.40. The summed E-state index contributed by atoms with van der Waals surface area (Å²) in [5.74, 6) is 1.36. The second-order valence-corrected chi connectivity index (χ2v) is 6.48. The monoisotopic (exact) mass is 353 g/mol. The van der Waals surface area contributed by atoms with Crippen LogP contribution in [0.3, 0.4) is 0 Å². The fourth-order valence-corrected chi connectivity index (χ4v) is 3.28. The number of nitrogens with zero attached hydrogens (tertiary/aromatic N) is 5. The van der Waals surface area contributed by atoms with Gasteiger partial charge in [-0.25, -0.2) is 19.3 Å². The van der Waals surface area contributed by atoms with Crippen molar-refractivity contribution in [2.75, 3.05) is 18.6 Å². The predicted molar refractivity (Wildman–Crippen MR) is 96.7 cm³/mol. The number of rotatable bonds is 3. The number of aryl methyl sites for hydroxylation is 2. The molecule has 0 saturated heterocycles. The van der Waals surface area contributed by atoms with E-state index in [0.717, 1.165) is 35.7 Å². The third kappa shape index (κ3) is 2.79. The lowest BCUT2D eigenvalue weighted by Gasteiger charge is -2.30. The molecule has 7 heteroatoms. The molecule has 3 aromatic rings. The van der Waals surface area contributed by atoms with Gasteiger partial charge in [0.1, 0.15) is 0 Å². The van der Waals surface area contributed by atoms with Crippen LogP contribution in [0.25, 0.3) is 11.6 Å². The molecular weight excluding hydrogens is 333 g/mol. The average Bonchev–Trinajstić information content (AvgIpc) is 3.09. The van der Waals surface area contributed by atoms with Crippen LogP contribution >= 0.6 is 0 Å². The van der Waals surface area contributed by atoms with Crippen molar-refractivity contribution in [1.82, 2.24) is 19.5 Å². The fraction of sp³-hybridized carbons (Fsp3) is 0.316. The van der Waals surface area contributed by atoms with Gasteiger partial charge in [-0.3, -0.25) is 0 Å². The van der Waals surface area contributed by atoms with Gasteiger partial charge in [-0.1, -0.05) is 0 Å². The first kappa shape index (κ1) is 16.5. The minimum absolute atomic E-state index is 0.271. The molecule has 4 rings (SSSR count). The topological polar surface area (TPSA) is 56.1 Å².